The van der Waals surface area contributed by atoms with Crippen molar-refractivity contribution in [2.45, 2.75) is 11.0 Å². The average Bonchev–Trinajstić information content (AvgIpc) is 2.33. The molecule has 1 aromatic carbocycles. The summed E-state index contributed by atoms with van der Waals surface area (Å²) in [4.78, 5) is 10.8. The van der Waals surface area contributed by atoms with Crippen LogP contribution in [0.25, 0.3) is 0 Å². The van der Waals surface area contributed by atoms with Gasteiger partial charge < -0.3 is 5.11 Å². The Morgan fingerprint density at radius 2 is 2.00 bits per heavy atom. The zero-order valence-electron chi connectivity index (χ0n) is 7.17. The second kappa shape index (κ2) is 2.81. The smallest absolute Gasteiger partial charge is 0.326 e. The van der Waals surface area contributed by atoms with Gasteiger partial charge in [0.15, 0.2) is 15.1 Å². The molecule has 74 valence electrons. The molecule has 1 heterocycles. The first kappa shape index (κ1) is 9.21. The average molecular weight is 212 g/mol. The molecule has 0 amide bonds. The van der Waals surface area contributed by atoms with Gasteiger partial charge in [0, 0.05) is 0 Å². The maximum atomic E-state index is 11.5. The summed E-state index contributed by atoms with van der Waals surface area (Å²) in [7, 11) is -3.54. The normalized spacial score (nSPS) is 23.0. The van der Waals surface area contributed by atoms with E-state index in [2.05, 4.69) is 0 Å². The van der Waals surface area contributed by atoms with Crippen molar-refractivity contribution in [3.8, 4) is 0 Å². The van der Waals surface area contributed by atoms with Crippen molar-refractivity contribution in [1.29, 1.82) is 0 Å². The first-order valence-electron chi connectivity index (χ1n) is 4.04. The topological polar surface area (TPSA) is 71.4 Å². The van der Waals surface area contributed by atoms with Crippen molar-refractivity contribution >= 4 is 15.8 Å². The number of fused-ring (bicyclic) bond motifs is 1. The second-order valence-corrected chi connectivity index (χ2v) is 5.31. The van der Waals surface area contributed by atoms with Gasteiger partial charge in [-0.2, -0.15) is 0 Å². The Bertz CT molecular complexity index is 489. The molecule has 0 aromatic heterocycles. The summed E-state index contributed by atoms with van der Waals surface area (Å²) in [5.41, 5.74) is 1.000. The molecular weight excluding hydrogens is 204 g/mol. The van der Waals surface area contributed by atoms with Crippen molar-refractivity contribution < 1.29 is 18.3 Å². The van der Waals surface area contributed by atoms with Crippen LogP contribution in [0.2, 0.25) is 0 Å². The number of hydrogen-bond acceptors (Lipinski definition) is 3. The third kappa shape index (κ3) is 1.21. The number of sulfone groups is 1. The molecule has 0 fully saturated rings. The van der Waals surface area contributed by atoms with E-state index >= 15 is 0 Å². The Morgan fingerprint density at radius 1 is 1.36 bits per heavy atom. The number of benzene rings is 1. The molecule has 1 aromatic rings. The molecule has 0 aliphatic carbocycles. The maximum absolute atomic E-state index is 11.5. The summed E-state index contributed by atoms with van der Waals surface area (Å²) < 4.78 is 23.0. The highest BCUT2D eigenvalue weighted by molar-refractivity contribution is 7.91. The highest BCUT2D eigenvalue weighted by Gasteiger charge is 2.41. The lowest BCUT2D eigenvalue weighted by atomic mass is 10.1. The predicted octanol–water partition coefficient (Wildman–Crippen LogP) is 0.741. The fourth-order valence-corrected chi connectivity index (χ4v) is 3.49. The van der Waals surface area contributed by atoms with Crippen molar-refractivity contribution in [3.63, 3.8) is 0 Å². The third-order valence-corrected chi connectivity index (χ3v) is 4.16. The number of carbonyl (C=O) groups is 1. The molecule has 0 bridgehead atoms. The molecule has 1 aliphatic rings. The van der Waals surface area contributed by atoms with Gasteiger partial charge in [-0.05, 0) is 11.1 Å². The van der Waals surface area contributed by atoms with E-state index in [4.69, 9.17) is 5.11 Å². The molecule has 0 saturated carbocycles. The Morgan fingerprint density at radius 3 is 2.64 bits per heavy atom. The highest BCUT2D eigenvalue weighted by atomic mass is 32.2. The lowest BCUT2D eigenvalue weighted by Gasteiger charge is -2.03. The molecule has 4 nitrogen and oxygen atoms in total. The predicted molar refractivity (Wildman–Crippen MR) is 49.4 cm³/mol. The van der Waals surface area contributed by atoms with Gasteiger partial charge in [0.2, 0.25) is 0 Å². The zero-order valence-corrected chi connectivity index (χ0v) is 7.99. The molecule has 0 spiro atoms. The quantitative estimate of drug-likeness (QED) is 0.745. The lowest BCUT2D eigenvalue weighted by molar-refractivity contribution is -0.136. The number of carboxylic acids is 1. The van der Waals surface area contributed by atoms with E-state index in [-0.39, 0.29) is 5.75 Å². The maximum Gasteiger partial charge on any atom is 0.326 e. The Balaban J connectivity index is 2.65. The van der Waals surface area contributed by atoms with Crippen LogP contribution < -0.4 is 0 Å². The summed E-state index contributed by atoms with van der Waals surface area (Å²) >= 11 is 0. The minimum atomic E-state index is -3.54. The number of carboxylic acid groups (broad SMARTS) is 1. The fraction of sp³-hybridized carbons (Fsp3) is 0.222. The molecule has 1 aliphatic heterocycles. The van der Waals surface area contributed by atoms with Gasteiger partial charge in [-0.1, -0.05) is 24.3 Å². The van der Waals surface area contributed by atoms with E-state index in [0.717, 1.165) is 0 Å². The van der Waals surface area contributed by atoms with E-state index in [1.807, 2.05) is 0 Å². The Labute approximate surface area is 81.1 Å². The molecule has 2 rings (SSSR count). The van der Waals surface area contributed by atoms with Crippen molar-refractivity contribution in [2.75, 3.05) is 0 Å². The van der Waals surface area contributed by atoms with Gasteiger partial charge in [0.05, 0.1) is 5.75 Å². The van der Waals surface area contributed by atoms with Gasteiger partial charge >= 0.3 is 5.97 Å². The largest absolute Gasteiger partial charge is 0.480 e. The molecule has 1 unspecified atom stereocenters. The van der Waals surface area contributed by atoms with Gasteiger partial charge in [-0.15, -0.1) is 0 Å². The van der Waals surface area contributed by atoms with Crippen LogP contribution in [0.3, 0.4) is 0 Å². The first-order chi connectivity index (χ1) is 6.52. The fourth-order valence-electron chi connectivity index (χ4n) is 1.70. The molecular formula is C9H8O4S. The highest BCUT2D eigenvalue weighted by Crippen LogP contribution is 2.36. The molecule has 5 heteroatoms. The molecule has 0 radical (unpaired) electrons. The van der Waals surface area contributed by atoms with Gasteiger partial charge in [-0.3, -0.25) is 4.79 Å². The van der Waals surface area contributed by atoms with Gasteiger partial charge in [0.25, 0.3) is 0 Å². The third-order valence-electron chi connectivity index (χ3n) is 2.28. The van der Waals surface area contributed by atoms with Gasteiger partial charge in [-0.25, -0.2) is 8.42 Å². The van der Waals surface area contributed by atoms with Crippen LogP contribution in [0.5, 0.6) is 0 Å². The van der Waals surface area contributed by atoms with E-state index in [1.165, 1.54) is 0 Å². The van der Waals surface area contributed by atoms with Crippen LogP contribution in [-0.2, 0) is 20.4 Å². The monoisotopic (exact) mass is 212 g/mol. The Kier molecular flexibility index (Phi) is 1.85. The summed E-state index contributed by atoms with van der Waals surface area (Å²) in [5, 5.41) is 7.44. The van der Waals surface area contributed by atoms with Crippen molar-refractivity contribution in [2.24, 2.45) is 0 Å². The Hall–Kier alpha value is -1.36. The van der Waals surface area contributed by atoms with Gasteiger partial charge in [0.1, 0.15) is 0 Å². The minimum Gasteiger partial charge on any atom is -0.480 e. The summed E-state index contributed by atoms with van der Waals surface area (Å²) in [6.45, 7) is 0. The van der Waals surface area contributed by atoms with Crippen LogP contribution in [-0.4, -0.2) is 19.5 Å². The number of aliphatic carboxylic acids is 1. The standard InChI is InChI=1S/C9H8O4S/c10-9(11)8-7-4-2-1-3-6(7)5-14(8,12)13/h1-4,8H,5H2,(H,10,11). The number of hydrogen-bond donors (Lipinski definition) is 1. The van der Waals surface area contributed by atoms with Crippen LogP contribution >= 0.6 is 0 Å². The van der Waals surface area contributed by atoms with E-state index in [0.29, 0.717) is 11.1 Å². The van der Waals surface area contributed by atoms with Crippen molar-refractivity contribution in [1.82, 2.24) is 0 Å². The summed E-state index contributed by atoms with van der Waals surface area (Å²) in [5.74, 6) is -1.46. The minimum absolute atomic E-state index is 0.167. The van der Waals surface area contributed by atoms with Crippen molar-refractivity contribution in [3.05, 3.63) is 35.4 Å². The second-order valence-electron chi connectivity index (χ2n) is 3.22. The molecule has 1 N–H and O–H groups in total. The van der Waals surface area contributed by atoms with Crippen LogP contribution in [0.15, 0.2) is 24.3 Å². The molecule has 1 atom stereocenters. The van der Waals surface area contributed by atoms with E-state index in [9.17, 15) is 13.2 Å². The zero-order chi connectivity index (χ0) is 10.3. The van der Waals surface area contributed by atoms with E-state index < -0.39 is 21.1 Å². The van der Waals surface area contributed by atoms with Crippen LogP contribution in [0, 0.1) is 0 Å². The van der Waals surface area contributed by atoms with Crippen LogP contribution in [0.4, 0.5) is 0 Å². The SMILES string of the molecule is O=C(O)C1c2ccccc2CS1(=O)=O. The summed E-state index contributed by atoms with van der Waals surface area (Å²) in [6, 6.07) is 6.56. The lowest BCUT2D eigenvalue weighted by Crippen LogP contribution is -2.16. The molecule has 0 saturated heterocycles. The van der Waals surface area contributed by atoms with E-state index in [1.54, 1.807) is 24.3 Å². The molecule has 14 heavy (non-hydrogen) atoms. The van der Waals surface area contributed by atoms with Crippen LogP contribution in [0.1, 0.15) is 16.4 Å². The first-order valence-corrected chi connectivity index (χ1v) is 5.76. The number of rotatable bonds is 1. The summed E-state index contributed by atoms with van der Waals surface area (Å²) in [6.07, 6.45) is 0.